The normalized spacial score (nSPS) is 11.6. The maximum Gasteiger partial charge on any atom is 0.317 e. The summed E-state index contributed by atoms with van der Waals surface area (Å²) in [5.74, 6) is -0.908. The molecule has 0 aliphatic carbocycles. The van der Waals surface area contributed by atoms with Crippen molar-refractivity contribution in [1.29, 1.82) is 0 Å². The lowest BCUT2D eigenvalue weighted by Gasteiger charge is -2.09. The average Bonchev–Trinajstić information content (AvgIpc) is 2.68. The van der Waals surface area contributed by atoms with Gasteiger partial charge in [0.15, 0.2) is 5.82 Å². The van der Waals surface area contributed by atoms with Crippen molar-refractivity contribution in [2.75, 3.05) is 19.0 Å². The smallest absolute Gasteiger partial charge is 0.317 e. The number of allylic oxidation sites excluding steroid dienone is 1. The van der Waals surface area contributed by atoms with Crippen LogP contribution < -0.4 is 15.8 Å². The molecule has 9 heteroatoms. The minimum atomic E-state index is -0.526. The first-order chi connectivity index (χ1) is 13.5. The Morgan fingerprint density at radius 1 is 1.32 bits per heavy atom. The molecule has 1 heterocycles. The van der Waals surface area contributed by atoms with Gasteiger partial charge >= 0.3 is 6.01 Å². The van der Waals surface area contributed by atoms with Crippen molar-refractivity contribution in [3.05, 3.63) is 59.6 Å². The molecule has 148 valence electrons. The molecular weight excluding hydrogens is 384 g/mol. The highest BCUT2D eigenvalue weighted by molar-refractivity contribution is 7.80. The van der Waals surface area contributed by atoms with E-state index in [9.17, 15) is 8.78 Å². The summed E-state index contributed by atoms with van der Waals surface area (Å²) >= 11 is 5.21. The summed E-state index contributed by atoms with van der Waals surface area (Å²) in [6.45, 7) is 0.0632. The van der Waals surface area contributed by atoms with Crippen LogP contribution >= 0.6 is 12.2 Å². The molecule has 0 aliphatic rings. The van der Waals surface area contributed by atoms with Gasteiger partial charge in [0.2, 0.25) is 0 Å². The molecule has 0 saturated heterocycles. The summed E-state index contributed by atoms with van der Waals surface area (Å²) in [6, 6.07) is 6.29. The Bertz CT molecular complexity index is 873. The number of nitrogens with two attached hydrogens (primary N) is 1. The number of nitrogens with zero attached hydrogens (tertiary/aromatic N) is 3. The number of hydrogen-bond acceptors (Lipinski definition) is 6. The Morgan fingerprint density at radius 2 is 2.11 bits per heavy atom. The van der Waals surface area contributed by atoms with Crippen LogP contribution in [0.1, 0.15) is 18.5 Å². The Balaban J connectivity index is 1.86. The summed E-state index contributed by atoms with van der Waals surface area (Å²) in [5.41, 5.74) is 6.70. The highest BCUT2D eigenvalue weighted by atomic mass is 32.1. The maximum atomic E-state index is 13.9. The van der Waals surface area contributed by atoms with Crippen molar-refractivity contribution >= 4 is 29.1 Å². The number of nitrogens with one attached hydrogen (secondary N) is 1. The van der Waals surface area contributed by atoms with E-state index in [0.717, 1.165) is 6.20 Å². The SMILES string of the molecule is CN=CC=C(N)COc1ncc(F)c(CCCC(=S)Nc2ccccc2F)n1. The number of aliphatic imine (C=N–C) groups is 1. The second-order valence-electron chi connectivity index (χ2n) is 5.77. The van der Waals surface area contributed by atoms with Crippen LogP contribution in [0.5, 0.6) is 6.01 Å². The van der Waals surface area contributed by atoms with Gasteiger partial charge in [-0.05, 0) is 37.5 Å². The van der Waals surface area contributed by atoms with Gasteiger partial charge in [-0.2, -0.15) is 4.98 Å². The number of aryl methyl sites for hydroxylation is 1. The Hall–Kier alpha value is -2.94. The number of ether oxygens (including phenoxy) is 1. The first-order valence-corrected chi connectivity index (χ1v) is 8.95. The average molecular weight is 405 g/mol. The number of halogens is 2. The predicted octanol–water partition coefficient (Wildman–Crippen LogP) is 3.44. The number of aromatic nitrogens is 2. The molecule has 6 nitrogen and oxygen atoms in total. The van der Waals surface area contributed by atoms with E-state index in [1.54, 1.807) is 31.3 Å². The lowest BCUT2D eigenvalue weighted by atomic mass is 10.2. The third kappa shape index (κ3) is 6.99. The minimum absolute atomic E-state index is 0.0354. The molecule has 0 fully saturated rings. The molecular formula is C19H21F2N5OS. The van der Waals surface area contributed by atoms with E-state index < -0.39 is 5.82 Å². The zero-order valence-electron chi connectivity index (χ0n) is 15.4. The quantitative estimate of drug-likeness (QED) is 0.491. The lowest BCUT2D eigenvalue weighted by Crippen LogP contribution is -2.12. The summed E-state index contributed by atoms with van der Waals surface area (Å²) < 4.78 is 32.9. The molecule has 1 aromatic carbocycles. The van der Waals surface area contributed by atoms with Gasteiger partial charge in [-0.1, -0.05) is 24.4 Å². The molecule has 2 rings (SSSR count). The van der Waals surface area contributed by atoms with Crippen molar-refractivity contribution < 1.29 is 13.5 Å². The van der Waals surface area contributed by atoms with Crippen molar-refractivity contribution in [2.24, 2.45) is 10.7 Å². The van der Waals surface area contributed by atoms with E-state index >= 15 is 0 Å². The van der Waals surface area contributed by atoms with E-state index in [0.29, 0.717) is 35.6 Å². The molecule has 0 bridgehead atoms. The molecule has 0 spiro atoms. The van der Waals surface area contributed by atoms with Gasteiger partial charge in [0.25, 0.3) is 0 Å². The fourth-order valence-electron chi connectivity index (χ4n) is 2.19. The maximum absolute atomic E-state index is 13.9. The number of thiocarbonyl (C=S) groups is 1. The van der Waals surface area contributed by atoms with Crippen molar-refractivity contribution in [3.63, 3.8) is 0 Å². The van der Waals surface area contributed by atoms with Gasteiger partial charge in [-0.15, -0.1) is 0 Å². The van der Waals surface area contributed by atoms with Crippen molar-refractivity contribution in [2.45, 2.75) is 19.3 Å². The van der Waals surface area contributed by atoms with Crippen LogP contribution in [-0.2, 0) is 6.42 Å². The molecule has 3 N–H and O–H groups in total. The highest BCUT2D eigenvalue weighted by Gasteiger charge is 2.09. The van der Waals surface area contributed by atoms with Crippen LogP contribution in [0.4, 0.5) is 14.5 Å². The van der Waals surface area contributed by atoms with Gasteiger partial charge in [0, 0.05) is 19.0 Å². The third-order valence-electron chi connectivity index (χ3n) is 3.57. The monoisotopic (exact) mass is 405 g/mol. The van der Waals surface area contributed by atoms with Gasteiger partial charge in [0.1, 0.15) is 12.4 Å². The summed E-state index contributed by atoms with van der Waals surface area (Å²) in [5, 5.41) is 2.85. The number of rotatable bonds is 9. The standard InChI is InChI=1S/C19H21F2N5OS/c1-23-10-9-13(22)12-27-19-24-11-15(21)17(26-19)7-4-8-18(28)25-16-6-3-2-5-14(16)20/h2-3,5-6,9-11H,4,7-8,12,22H2,1H3,(H,25,28). The van der Waals surface area contributed by atoms with Crippen molar-refractivity contribution in [1.82, 2.24) is 9.97 Å². The van der Waals surface area contributed by atoms with Crippen LogP contribution in [0.3, 0.4) is 0 Å². The van der Waals surface area contributed by atoms with E-state index in [2.05, 4.69) is 20.3 Å². The number of hydrogen-bond donors (Lipinski definition) is 2. The Labute approximate surface area is 167 Å². The molecule has 0 saturated carbocycles. The lowest BCUT2D eigenvalue weighted by molar-refractivity contribution is 0.318. The fourth-order valence-corrected chi connectivity index (χ4v) is 2.44. The van der Waals surface area contributed by atoms with Gasteiger partial charge in [-0.25, -0.2) is 13.8 Å². The topological polar surface area (TPSA) is 85.4 Å². The van der Waals surface area contributed by atoms with Crippen LogP contribution in [0.15, 0.2) is 47.2 Å². The molecule has 0 radical (unpaired) electrons. The van der Waals surface area contributed by atoms with E-state index in [-0.39, 0.29) is 24.1 Å². The van der Waals surface area contributed by atoms with Crippen LogP contribution in [0.2, 0.25) is 0 Å². The second kappa shape index (κ2) is 11.0. The second-order valence-corrected chi connectivity index (χ2v) is 6.26. The van der Waals surface area contributed by atoms with E-state index in [4.69, 9.17) is 22.7 Å². The van der Waals surface area contributed by atoms with Crippen LogP contribution in [0, 0.1) is 11.6 Å². The van der Waals surface area contributed by atoms with Gasteiger partial charge in [-0.3, -0.25) is 4.99 Å². The molecule has 28 heavy (non-hydrogen) atoms. The highest BCUT2D eigenvalue weighted by Crippen LogP contribution is 2.15. The van der Waals surface area contributed by atoms with Gasteiger partial charge < -0.3 is 15.8 Å². The summed E-state index contributed by atoms with van der Waals surface area (Å²) in [6.07, 6.45) is 5.50. The predicted molar refractivity (Wildman–Crippen MR) is 110 cm³/mol. The molecule has 1 aromatic heterocycles. The zero-order chi connectivity index (χ0) is 20.4. The summed E-state index contributed by atoms with van der Waals surface area (Å²) in [4.78, 5) is 12.1. The number of benzene rings is 1. The first-order valence-electron chi connectivity index (χ1n) is 8.55. The minimum Gasteiger partial charge on any atom is -0.457 e. The van der Waals surface area contributed by atoms with Crippen LogP contribution in [0.25, 0.3) is 0 Å². The molecule has 0 unspecified atom stereocenters. The summed E-state index contributed by atoms with van der Waals surface area (Å²) in [7, 11) is 1.62. The Kier molecular flexibility index (Phi) is 8.41. The van der Waals surface area contributed by atoms with Crippen molar-refractivity contribution in [3.8, 4) is 6.01 Å². The first kappa shape index (κ1) is 21.4. The largest absolute Gasteiger partial charge is 0.457 e. The number of para-hydroxylation sites is 1. The third-order valence-corrected chi connectivity index (χ3v) is 3.87. The van der Waals surface area contributed by atoms with E-state index in [1.807, 2.05) is 0 Å². The fraction of sp³-hybridized carbons (Fsp3) is 0.263. The van der Waals surface area contributed by atoms with E-state index in [1.165, 1.54) is 12.3 Å². The molecule has 0 atom stereocenters. The molecule has 0 amide bonds. The molecule has 0 aliphatic heterocycles. The number of anilines is 1. The zero-order valence-corrected chi connectivity index (χ0v) is 16.2. The van der Waals surface area contributed by atoms with Crippen LogP contribution in [-0.4, -0.2) is 34.8 Å². The Morgan fingerprint density at radius 3 is 2.86 bits per heavy atom. The molecule has 2 aromatic rings. The van der Waals surface area contributed by atoms with Gasteiger partial charge in [0.05, 0.1) is 22.6 Å².